The molecule has 5 heteroatoms. The molecule has 0 fully saturated rings. The van der Waals surface area contributed by atoms with Gasteiger partial charge in [-0.15, -0.1) is 0 Å². The molecule has 3 aromatic rings. The van der Waals surface area contributed by atoms with Gasteiger partial charge in [-0.05, 0) is 104 Å². The van der Waals surface area contributed by atoms with Gasteiger partial charge in [-0.3, -0.25) is 9.88 Å². The molecule has 2 aliphatic heterocycles. The number of aryl methyl sites for hydroxylation is 1. The molecule has 0 radical (unpaired) electrons. The molecule has 37 heavy (non-hydrogen) atoms. The smallest absolute Gasteiger partial charge is 0.132 e. The van der Waals surface area contributed by atoms with Crippen LogP contribution in [0.25, 0.3) is 5.57 Å². The van der Waals surface area contributed by atoms with Gasteiger partial charge in [0.1, 0.15) is 22.9 Å². The van der Waals surface area contributed by atoms with E-state index in [4.69, 9.17) is 9.47 Å². The molecule has 0 spiro atoms. The van der Waals surface area contributed by atoms with Gasteiger partial charge in [-0.25, -0.2) is 4.39 Å². The number of benzene rings is 2. The maximum Gasteiger partial charge on any atom is 0.132 e. The lowest BCUT2D eigenvalue weighted by molar-refractivity contribution is 0.129. The molecule has 2 aliphatic rings. The second kappa shape index (κ2) is 10.7. The normalized spacial score (nSPS) is 17.5. The average molecular weight is 501 g/mol. The molecular weight excluding hydrogens is 463 g/mol. The third-order valence-electron chi connectivity index (χ3n) is 7.82. The monoisotopic (exact) mass is 500 g/mol. The molecule has 1 atom stereocenters. The summed E-state index contributed by atoms with van der Waals surface area (Å²) in [6.45, 7) is 9.31. The molecule has 3 heterocycles. The fourth-order valence-electron chi connectivity index (χ4n) is 5.77. The van der Waals surface area contributed by atoms with E-state index in [1.165, 1.54) is 34.4 Å². The van der Waals surface area contributed by atoms with Crippen molar-refractivity contribution in [1.82, 2.24) is 9.88 Å². The fourth-order valence-corrected chi connectivity index (χ4v) is 5.77. The Bertz CT molecular complexity index is 1270. The van der Waals surface area contributed by atoms with Crippen molar-refractivity contribution in [2.24, 2.45) is 0 Å². The van der Waals surface area contributed by atoms with Gasteiger partial charge in [0.2, 0.25) is 0 Å². The van der Waals surface area contributed by atoms with Gasteiger partial charge < -0.3 is 9.47 Å². The Balaban J connectivity index is 1.37. The van der Waals surface area contributed by atoms with E-state index in [0.717, 1.165) is 68.1 Å². The van der Waals surface area contributed by atoms with E-state index in [1.54, 1.807) is 7.11 Å². The summed E-state index contributed by atoms with van der Waals surface area (Å²) in [6.07, 6.45) is 5.85. The number of hydrogen-bond acceptors (Lipinski definition) is 4. The molecule has 4 nitrogen and oxygen atoms in total. The van der Waals surface area contributed by atoms with Gasteiger partial charge in [0, 0.05) is 25.8 Å². The Morgan fingerprint density at radius 2 is 1.95 bits per heavy atom. The van der Waals surface area contributed by atoms with Crippen molar-refractivity contribution in [2.75, 3.05) is 20.2 Å². The third-order valence-corrected chi connectivity index (χ3v) is 7.82. The summed E-state index contributed by atoms with van der Waals surface area (Å²) in [4.78, 5) is 7.01. The van der Waals surface area contributed by atoms with E-state index in [9.17, 15) is 4.39 Å². The number of ether oxygens (including phenoxy) is 2. The number of nitrogens with zero attached hydrogens (tertiary/aromatic N) is 2. The van der Waals surface area contributed by atoms with Crippen molar-refractivity contribution < 1.29 is 13.9 Å². The average Bonchev–Trinajstić information content (AvgIpc) is 2.89. The Kier molecular flexibility index (Phi) is 7.34. The maximum absolute atomic E-state index is 13.2. The number of fused-ring (bicyclic) bond motifs is 2. The molecule has 1 unspecified atom stereocenters. The highest BCUT2D eigenvalue weighted by Gasteiger charge is 2.39. The van der Waals surface area contributed by atoms with Gasteiger partial charge in [-0.2, -0.15) is 0 Å². The van der Waals surface area contributed by atoms with E-state index in [0.29, 0.717) is 5.92 Å². The predicted octanol–water partition coefficient (Wildman–Crippen LogP) is 7.19. The zero-order chi connectivity index (χ0) is 26.0. The Morgan fingerprint density at radius 1 is 1.14 bits per heavy atom. The van der Waals surface area contributed by atoms with Crippen LogP contribution in [0.1, 0.15) is 68.3 Å². The van der Waals surface area contributed by atoms with Crippen LogP contribution in [0.3, 0.4) is 0 Å². The highest BCUT2D eigenvalue weighted by molar-refractivity contribution is 5.82. The standard InChI is InChI=1S/C32H37FN2O2/c1-22(8-7-9-23-11-13-25(33)14-12-23)24-18-29(36-4)31-27-21-35(20-26-10-5-6-16-34-26)17-15-28(27)32(2,3)37-30(31)19-24/h5-6,10-14,16,18-19,22H,7-9,15,17,20-21H2,1-4H3. The summed E-state index contributed by atoms with van der Waals surface area (Å²) in [5.74, 6) is 1.98. The molecule has 0 saturated heterocycles. The first kappa shape index (κ1) is 25.5. The van der Waals surface area contributed by atoms with Gasteiger partial charge in [0.25, 0.3) is 0 Å². The molecule has 1 aromatic heterocycles. The summed E-state index contributed by atoms with van der Waals surface area (Å²) in [5, 5.41) is 0. The minimum Gasteiger partial charge on any atom is -0.496 e. The van der Waals surface area contributed by atoms with E-state index < -0.39 is 0 Å². The third kappa shape index (κ3) is 5.57. The lowest BCUT2D eigenvalue weighted by atomic mass is 9.80. The molecule has 5 rings (SSSR count). The summed E-state index contributed by atoms with van der Waals surface area (Å²) < 4.78 is 25.8. The molecule has 0 amide bonds. The van der Waals surface area contributed by atoms with Crippen molar-refractivity contribution in [1.29, 1.82) is 0 Å². The SMILES string of the molecule is COc1cc(C(C)CCCc2ccc(F)cc2)cc2c1C1=C(CCN(Cc3ccccn3)C1)C(C)(C)O2. The number of hydrogen-bond donors (Lipinski definition) is 0. The first-order valence-corrected chi connectivity index (χ1v) is 13.3. The first-order valence-electron chi connectivity index (χ1n) is 13.3. The summed E-state index contributed by atoms with van der Waals surface area (Å²) in [5.41, 5.74) is 6.95. The molecule has 0 bridgehead atoms. The molecule has 194 valence electrons. The Labute approximate surface area is 220 Å². The summed E-state index contributed by atoms with van der Waals surface area (Å²) in [7, 11) is 1.76. The minimum atomic E-state index is -0.352. The molecule has 0 N–H and O–H groups in total. The zero-order valence-corrected chi connectivity index (χ0v) is 22.4. The van der Waals surface area contributed by atoms with E-state index in [1.807, 2.05) is 24.4 Å². The highest BCUT2D eigenvalue weighted by atomic mass is 19.1. The van der Waals surface area contributed by atoms with Crippen LogP contribution in [0.15, 0.2) is 66.4 Å². The van der Waals surface area contributed by atoms with E-state index in [-0.39, 0.29) is 11.4 Å². The number of halogens is 1. The predicted molar refractivity (Wildman–Crippen MR) is 147 cm³/mol. The van der Waals surface area contributed by atoms with Crippen LogP contribution in [-0.4, -0.2) is 35.7 Å². The molecule has 0 saturated carbocycles. The van der Waals surface area contributed by atoms with Crippen molar-refractivity contribution in [3.63, 3.8) is 0 Å². The van der Waals surface area contributed by atoms with Crippen LogP contribution in [0.5, 0.6) is 11.5 Å². The van der Waals surface area contributed by atoms with Crippen LogP contribution >= 0.6 is 0 Å². The quantitative estimate of drug-likeness (QED) is 0.328. The fraction of sp³-hybridized carbons (Fsp3) is 0.406. The Hall–Kier alpha value is -3.18. The topological polar surface area (TPSA) is 34.6 Å². The summed E-state index contributed by atoms with van der Waals surface area (Å²) in [6, 6.07) is 17.4. The number of rotatable bonds is 8. The molecule has 2 aromatic carbocycles. The molecule has 0 aliphatic carbocycles. The number of methoxy groups -OCH3 is 1. The maximum atomic E-state index is 13.2. The van der Waals surface area contributed by atoms with Gasteiger partial charge in [0.05, 0.1) is 18.4 Å². The first-order chi connectivity index (χ1) is 17.8. The number of pyridine rings is 1. The summed E-state index contributed by atoms with van der Waals surface area (Å²) >= 11 is 0. The van der Waals surface area contributed by atoms with Crippen LogP contribution in [0.2, 0.25) is 0 Å². The minimum absolute atomic E-state index is 0.183. The van der Waals surface area contributed by atoms with E-state index >= 15 is 0 Å². The van der Waals surface area contributed by atoms with Crippen LogP contribution in [0, 0.1) is 5.82 Å². The zero-order valence-electron chi connectivity index (χ0n) is 22.4. The van der Waals surface area contributed by atoms with Crippen molar-refractivity contribution in [3.8, 4) is 11.5 Å². The second-order valence-electron chi connectivity index (χ2n) is 10.9. The van der Waals surface area contributed by atoms with Gasteiger partial charge >= 0.3 is 0 Å². The van der Waals surface area contributed by atoms with Crippen molar-refractivity contribution in [2.45, 2.75) is 64.5 Å². The lowest BCUT2D eigenvalue weighted by Gasteiger charge is -2.42. The van der Waals surface area contributed by atoms with Crippen molar-refractivity contribution in [3.05, 3.63) is 94.6 Å². The highest BCUT2D eigenvalue weighted by Crippen LogP contribution is 2.49. The van der Waals surface area contributed by atoms with Gasteiger partial charge in [0.15, 0.2) is 0 Å². The van der Waals surface area contributed by atoms with Gasteiger partial charge in [-0.1, -0.05) is 25.1 Å². The van der Waals surface area contributed by atoms with Crippen LogP contribution < -0.4 is 9.47 Å². The molecular formula is C32H37FN2O2. The second-order valence-corrected chi connectivity index (χ2v) is 10.9. The Morgan fingerprint density at radius 3 is 2.68 bits per heavy atom. The van der Waals surface area contributed by atoms with Crippen molar-refractivity contribution >= 4 is 5.57 Å². The van der Waals surface area contributed by atoms with Crippen LogP contribution in [0.4, 0.5) is 4.39 Å². The van der Waals surface area contributed by atoms with E-state index in [2.05, 4.69) is 54.9 Å². The number of aromatic nitrogens is 1. The van der Waals surface area contributed by atoms with Crippen LogP contribution in [-0.2, 0) is 13.0 Å². The lowest BCUT2D eigenvalue weighted by Crippen LogP contribution is -2.42. The largest absolute Gasteiger partial charge is 0.496 e.